The second kappa shape index (κ2) is 54.2. The number of esters is 20. The summed E-state index contributed by atoms with van der Waals surface area (Å²) in [5.41, 5.74) is 0. The van der Waals surface area contributed by atoms with Crippen molar-refractivity contribution in [3.63, 3.8) is 0 Å². The Labute approximate surface area is 832 Å². The maximum atomic E-state index is 14.5. The molecular weight excluding hydrogens is 1980 g/mol. The summed E-state index contributed by atoms with van der Waals surface area (Å²) in [6, 6.07) is -1.37. The Morgan fingerprint density at radius 1 is 0.185 bits per heavy atom. The van der Waals surface area contributed by atoms with E-state index in [2.05, 4.69) is 10.6 Å². The molecule has 0 spiro atoms. The number of nitrogens with one attached hydrogen (secondary N) is 2. The van der Waals surface area contributed by atoms with E-state index in [1.54, 1.807) is 0 Å². The molecule has 21 heterocycles. The van der Waals surface area contributed by atoms with Gasteiger partial charge in [0, 0.05) is 151 Å². The van der Waals surface area contributed by atoms with Gasteiger partial charge in [-0.05, 0) is 12.8 Å². The number of rotatable bonds is 29. The van der Waals surface area contributed by atoms with Crippen LogP contribution in [0.1, 0.15) is 171 Å². The van der Waals surface area contributed by atoms with Gasteiger partial charge in [0.15, 0.2) is 129 Å². The average Bonchev–Trinajstić information content (AvgIpc) is 0.766. The van der Waals surface area contributed by atoms with Crippen molar-refractivity contribution >= 4 is 125 Å². The van der Waals surface area contributed by atoms with E-state index in [-0.39, 0.29) is 0 Å². The molecule has 0 radical (unpaired) electrons. The zero-order chi connectivity index (χ0) is 108. The first-order valence-electron chi connectivity index (χ1n) is 46.2. The van der Waals surface area contributed by atoms with Gasteiger partial charge in [0.2, 0.25) is 0 Å². The third-order valence-electron chi connectivity index (χ3n) is 22.5. The van der Waals surface area contributed by atoms with Gasteiger partial charge in [-0.3, -0.25) is 95.9 Å². The van der Waals surface area contributed by atoms with E-state index in [9.17, 15) is 101 Å². The van der Waals surface area contributed by atoms with Gasteiger partial charge in [0.1, 0.15) is 125 Å². The fourth-order valence-electron chi connectivity index (χ4n) is 17.5. The van der Waals surface area contributed by atoms with Gasteiger partial charge in [0.05, 0.1) is 0 Å². The molecule has 22 fully saturated rings. The van der Waals surface area contributed by atoms with Crippen molar-refractivity contribution in [1.29, 1.82) is 0 Å². The van der Waals surface area contributed by atoms with Crippen LogP contribution in [0.2, 0.25) is 0 Å². The molecule has 2 N–H and O–H groups in total. The maximum absolute atomic E-state index is 14.5. The highest BCUT2D eigenvalue weighted by atomic mass is 16.8. The predicted octanol–water partition coefficient (Wildman–Crippen LogP) is -2.18. The summed E-state index contributed by atoms with van der Waals surface area (Å²) in [4.78, 5) is 291. The van der Waals surface area contributed by atoms with Crippen molar-refractivity contribution < 1.29 is 262 Å². The number of ether oxygens (including phenoxy) is 34. The first kappa shape index (κ1) is 118. The van der Waals surface area contributed by atoms with E-state index in [4.69, 9.17) is 161 Å². The van der Waals surface area contributed by atoms with Crippen LogP contribution in [0.25, 0.3) is 0 Å². The fourth-order valence-corrected chi connectivity index (χ4v) is 17.5. The second-order valence-corrected chi connectivity index (χ2v) is 34.5. The topological polar surface area (TPSA) is 696 Å². The molecular formula is C89H122N2O55. The molecule has 57 nitrogen and oxygen atoms in total. The van der Waals surface area contributed by atoms with Gasteiger partial charge in [-0.15, -0.1) is 0 Å². The lowest BCUT2D eigenvalue weighted by atomic mass is 9.94. The third kappa shape index (κ3) is 33.8. The Bertz CT molecular complexity index is 4340. The van der Waals surface area contributed by atoms with Gasteiger partial charge in [-0.1, -0.05) is 19.3 Å². The Kier molecular flexibility index (Phi) is 43.6. The molecule has 57 heteroatoms. The summed E-state index contributed by atoms with van der Waals surface area (Å²) in [6.45, 7) is 9.08. The van der Waals surface area contributed by atoms with Crippen LogP contribution in [0.5, 0.6) is 0 Å². The monoisotopic (exact) mass is 2100 g/mol. The second-order valence-electron chi connectivity index (χ2n) is 34.5. The molecule has 0 aromatic heterocycles. The van der Waals surface area contributed by atoms with E-state index in [1.807, 2.05) is 0 Å². The van der Waals surface area contributed by atoms with Crippen molar-refractivity contribution in [2.45, 2.75) is 392 Å². The summed E-state index contributed by atoms with van der Waals surface area (Å²) in [5.74, 6) is -24.9. The van der Waals surface area contributed by atoms with E-state index in [0.717, 1.165) is 145 Å². The molecule has 2 amide bonds. The van der Waals surface area contributed by atoms with Crippen LogP contribution < -0.4 is 10.6 Å². The van der Waals surface area contributed by atoms with Crippen LogP contribution >= 0.6 is 0 Å². The van der Waals surface area contributed by atoms with E-state index in [1.165, 1.54) is 0 Å². The standard InChI is InChI=1S/C89H122N2O55/c1-33(92)113-27-55-62-69(120-40(8)99)77(128-48(16)107)84(135-55)143-64-57(29-115-35(3)94)137-86(79(130-50(18)109)71(64)122-42(10)101)145-66-59(31-117-37(5)96)139-88(81(132-52(20)111)73(66)124-44(12)103)146-67-60(32-118-38(6)97)138-87(80(131-51(19)110)74(67)125-45(13)104)144-65-58(30-116-36(4)95)136-85(78(129-49(17)108)72(65)123-43(11)102)142-63-56(28-114-34(2)93)134-83(76(127-47(15)106)70(63)121-41(9)100)140-61-54(26-90-89(112)91-53-24-22-21-23-25-53)133-82(141-62)75(126-46(14)105)68(61)119-39(7)98/h53-88H,21-32H2,1-20H3,(H2,90,91,112). The minimum absolute atomic E-state index is 0.454. The lowest BCUT2D eigenvalue weighted by Gasteiger charge is -2.52. The Morgan fingerprint density at radius 3 is 0.479 bits per heavy atom. The van der Waals surface area contributed by atoms with Gasteiger partial charge in [-0.2, -0.15) is 0 Å². The lowest BCUT2D eigenvalue weighted by Crippen LogP contribution is -2.70. The van der Waals surface area contributed by atoms with Crippen LogP contribution in [0.15, 0.2) is 0 Å². The highest BCUT2D eigenvalue weighted by Gasteiger charge is 2.67. The number of hydrogen-bond acceptors (Lipinski definition) is 55. The van der Waals surface area contributed by atoms with E-state index in [0.29, 0.717) is 25.7 Å². The zero-order valence-corrected chi connectivity index (χ0v) is 83.2. The quantitative estimate of drug-likeness (QED) is 0.0594. The lowest BCUT2D eigenvalue weighted by molar-refractivity contribution is -0.396. The number of carbonyl (C=O) groups is 21. The molecule has 0 aromatic rings. The first-order valence-corrected chi connectivity index (χ1v) is 46.2. The maximum Gasteiger partial charge on any atom is 0.315 e. The number of amides is 2. The van der Waals surface area contributed by atoms with Gasteiger partial charge in [-0.25, -0.2) is 4.79 Å². The SMILES string of the molecule is CC(=O)OCC1OC2OC3C(COC(C)=O)OC(OC4C(COC(C)=O)OC(OC5C(COC(C)=O)OC(OC6C(COC(C)=O)OC(OC7C(COC(C)=O)OC(OC8C(CNC(=O)NC9CCCCC9)OC(OC1C(OC(C)=O)C2OC(C)=O)C(OC(C)=O)C8OC(C)=O)C(OC(C)=O)C7OC(C)=O)C(OC(C)=O)C6OC(C)=O)C(OC(C)=O)C5OC(C)=O)C(OC(C)=O)C4OC(C)=O)C(OC(C)=O)C3OC(C)=O. The molecule has 22 rings (SSSR count). The van der Waals surface area contributed by atoms with Crippen molar-refractivity contribution in [2.75, 3.05) is 46.2 Å². The molecule has 1 aliphatic carbocycles. The van der Waals surface area contributed by atoms with E-state index >= 15 is 0 Å². The molecule has 35 unspecified atom stereocenters. The molecule has 0 aromatic carbocycles. The molecule has 146 heavy (non-hydrogen) atoms. The highest BCUT2D eigenvalue weighted by Crippen LogP contribution is 2.45. The molecule has 21 saturated heterocycles. The molecule has 818 valence electrons. The Balaban J connectivity index is 1.39. The van der Waals surface area contributed by atoms with Crippen LogP contribution in [0.4, 0.5) is 4.79 Å². The normalized spacial score (nSPS) is 34.5. The van der Waals surface area contributed by atoms with Crippen LogP contribution in [0, 0.1) is 0 Å². The zero-order valence-electron chi connectivity index (χ0n) is 83.2. The Morgan fingerprint density at radius 2 is 0.329 bits per heavy atom. The predicted molar refractivity (Wildman–Crippen MR) is 456 cm³/mol. The number of hydrogen-bond donors (Lipinski definition) is 2. The summed E-state index contributed by atoms with van der Waals surface area (Å²) < 4.78 is 211. The third-order valence-corrected chi connectivity index (χ3v) is 22.5. The summed E-state index contributed by atoms with van der Waals surface area (Å²) in [7, 11) is 0. The number of carbonyl (C=O) groups excluding carboxylic acids is 21. The summed E-state index contributed by atoms with van der Waals surface area (Å²) in [5, 5.41) is 5.50. The van der Waals surface area contributed by atoms with Gasteiger partial charge in [0.25, 0.3) is 0 Å². The minimum Gasteiger partial charge on any atom is -0.463 e. The largest absolute Gasteiger partial charge is 0.463 e. The minimum atomic E-state index is -2.47. The van der Waals surface area contributed by atoms with Crippen LogP contribution in [0.3, 0.4) is 0 Å². The molecule has 35 atom stereocenters. The van der Waals surface area contributed by atoms with Crippen molar-refractivity contribution in [1.82, 2.24) is 10.6 Å². The van der Waals surface area contributed by atoms with Crippen LogP contribution in [-0.2, 0) is 257 Å². The van der Waals surface area contributed by atoms with Crippen molar-refractivity contribution in [3.8, 4) is 0 Å². The van der Waals surface area contributed by atoms with E-state index < -0.39 is 393 Å². The number of urea groups is 1. The molecule has 1 saturated carbocycles. The first-order chi connectivity index (χ1) is 68.7. The summed E-state index contributed by atoms with van der Waals surface area (Å²) in [6.07, 6.45) is -78.1. The van der Waals surface area contributed by atoms with Crippen LogP contribution in [-0.4, -0.2) is 393 Å². The van der Waals surface area contributed by atoms with Gasteiger partial charge >= 0.3 is 125 Å². The fraction of sp³-hybridized carbons (Fsp3) is 0.764. The molecule has 22 aliphatic rings. The molecule has 14 bridgehead atoms. The van der Waals surface area contributed by atoms with Crippen molar-refractivity contribution in [3.05, 3.63) is 0 Å². The smallest absolute Gasteiger partial charge is 0.315 e. The average molecular weight is 2100 g/mol. The van der Waals surface area contributed by atoms with Crippen molar-refractivity contribution in [2.24, 2.45) is 0 Å². The van der Waals surface area contributed by atoms with Gasteiger partial charge < -0.3 is 172 Å². The Hall–Kier alpha value is -11.9. The molecule has 21 aliphatic heterocycles. The highest BCUT2D eigenvalue weighted by molar-refractivity contribution is 5.75. The summed E-state index contributed by atoms with van der Waals surface area (Å²) >= 11 is 0.